The van der Waals surface area contributed by atoms with Crippen LogP contribution in [0, 0.1) is 11.3 Å². The number of para-hydroxylation sites is 1. The summed E-state index contributed by atoms with van der Waals surface area (Å²) in [5.41, 5.74) is 2.12. The van der Waals surface area contributed by atoms with E-state index >= 15 is 0 Å². The molecule has 2 aromatic heterocycles. The minimum atomic E-state index is -0.310. The third-order valence-electron chi connectivity index (χ3n) is 3.48. The van der Waals surface area contributed by atoms with Crippen molar-refractivity contribution in [3.05, 3.63) is 59.6 Å². The summed E-state index contributed by atoms with van der Waals surface area (Å²) >= 11 is 5.67. The lowest BCUT2D eigenvalue weighted by Crippen LogP contribution is -2.01. The lowest BCUT2D eigenvalue weighted by molar-refractivity contribution is 0.104. The van der Waals surface area contributed by atoms with E-state index in [4.69, 9.17) is 11.6 Å². The standard InChI is InChI=1S/C17H13ClN4O/c18-5-6-22-11-12(9-21-22)7-13(8-19)17(23)15-10-20-16-4-2-1-3-14(15)16/h1-4,7,9-11,20H,5-6H2. The van der Waals surface area contributed by atoms with Gasteiger partial charge in [0.1, 0.15) is 11.6 Å². The highest BCUT2D eigenvalue weighted by molar-refractivity contribution is 6.19. The molecule has 1 aromatic carbocycles. The number of Topliss-reactive ketones (excluding diaryl/α,β-unsaturated/α-hetero) is 1. The van der Waals surface area contributed by atoms with Crippen molar-refractivity contribution in [2.45, 2.75) is 6.54 Å². The van der Waals surface area contributed by atoms with Gasteiger partial charge < -0.3 is 4.98 Å². The van der Waals surface area contributed by atoms with E-state index in [1.165, 1.54) is 0 Å². The average Bonchev–Trinajstić information content (AvgIpc) is 3.19. The number of aromatic nitrogens is 3. The molecule has 114 valence electrons. The molecule has 0 radical (unpaired) electrons. The van der Waals surface area contributed by atoms with Crippen LogP contribution in [0.15, 0.2) is 48.4 Å². The summed E-state index contributed by atoms with van der Waals surface area (Å²) in [5, 5.41) is 14.3. The largest absolute Gasteiger partial charge is 0.360 e. The normalized spacial score (nSPS) is 11.6. The van der Waals surface area contributed by atoms with Crippen molar-refractivity contribution < 1.29 is 4.79 Å². The second-order valence-electron chi connectivity index (χ2n) is 4.97. The Kier molecular flexibility index (Phi) is 4.26. The van der Waals surface area contributed by atoms with Gasteiger partial charge in [-0.25, -0.2) is 0 Å². The van der Waals surface area contributed by atoms with Gasteiger partial charge in [0, 0.05) is 40.3 Å². The number of fused-ring (bicyclic) bond motifs is 1. The molecule has 6 heteroatoms. The quantitative estimate of drug-likeness (QED) is 0.338. The van der Waals surface area contributed by atoms with Crippen LogP contribution in [0.1, 0.15) is 15.9 Å². The number of benzene rings is 1. The molecule has 0 spiro atoms. The van der Waals surface area contributed by atoms with E-state index in [-0.39, 0.29) is 11.4 Å². The Morgan fingerprint density at radius 3 is 3.04 bits per heavy atom. The number of aryl methyl sites for hydroxylation is 1. The van der Waals surface area contributed by atoms with Crippen molar-refractivity contribution in [1.82, 2.24) is 14.8 Å². The molecule has 23 heavy (non-hydrogen) atoms. The highest BCUT2D eigenvalue weighted by Gasteiger charge is 2.16. The molecule has 0 atom stereocenters. The fourth-order valence-electron chi connectivity index (χ4n) is 2.38. The van der Waals surface area contributed by atoms with Crippen molar-refractivity contribution in [2.75, 3.05) is 5.88 Å². The molecule has 3 aromatic rings. The third kappa shape index (κ3) is 3.03. The number of H-pyrrole nitrogens is 1. The van der Waals surface area contributed by atoms with Crippen LogP contribution in [0.3, 0.4) is 0 Å². The number of nitrogens with one attached hydrogen (secondary N) is 1. The predicted octanol–water partition coefficient (Wildman–Crippen LogP) is 3.39. The summed E-state index contributed by atoms with van der Waals surface area (Å²) < 4.78 is 1.67. The smallest absolute Gasteiger partial charge is 0.205 e. The fourth-order valence-corrected chi connectivity index (χ4v) is 2.56. The first-order valence-electron chi connectivity index (χ1n) is 7.04. The second-order valence-corrected chi connectivity index (χ2v) is 5.35. The van der Waals surface area contributed by atoms with Crippen LogP contribution in [-0.4, -0.2) is 26.4 Å². The highest BCUT2D eigenvalue weighted by atomic mass is 35.5. The molecule has 0 aliphatic heterocycles. The molecular weight excluding hydrogens is 312 g/mol. The highest BCUT2D eigenvalue weighted by Crippen LogP contribution is 2.21. The summed E-state index contributed by atoms with van der Waals surface area (Å²) in [6.07, 6.45) is 6.53. The van der Waals surface area contributed by atoms with Crippen molar-refractivity contribution in [3.63, 3.8) is 0 Å². The molecule has 0 aliphatic rings. The maximum absolute atomic E-state index is 12.6. The number of allylic oxidation sites excluding steroid dienone is 1. The summed E-state index contributed by atoms with van der Waals surface area (Å²) in [7, 11) is 0. The fraction of sp³-hybridized carbons (Fsp3) is 0.118. The number of halogens is 1. The third-order valence-corrected chi connectivity index (χ3v) is 3.65. The zero-order valence-electron chi connectivity index (χ0n) is 12.2. The number of hydrogen-bond acceptors (Lipinski definition) is 3. The number of aromatic amines is 1. The van der Waals surface area contributed by atoms with Crippen LogP contribution in [0.5, 0.6) is 0 Å². The number of carbonyl (C=O) groups is 1. The minimum absolute atomic E-state index is 0.0696. The van der Waals surface area contributed by atoms with Crippen molar-refractivity contribution in [2.24, 2.45) is 0 Å². The van der Waals surface area contributed by atoms with Crippen molar-refractivity contribution in [3.8, 4) is 6.07 Å². The number of nitriles is 1. The predicted molar refractivity (Wildman–Crippen MR) is 89.2 cm³/mol. The second kappa shape index (κ2) is 6.51. The van der Waals surface area contributed by atoms with E-state index in [2.05, 4.69) is 10.1 Å². The van der Waals surface area contributed by atoms with Crippen molar-refractivity contribution >= 4 is 34.4 Å². The molecule has 0 saturated heterocycles. The van der Waals surface area contributed by atoms with Gasteiger partial charge in [-0.3, -0.25) is 9.48 Å². The first kappa shape index (κ1) is 15.1. The van der Waals surface area contributed by atoms with Crippen LogP contribution in [-0.2, 0) is 6.54 Å². The lowest BCUT2D eigenvalue weighted by Gasteiger charge is -1.97. The summed E-state index contributed by atoms with van der Waals surface area (Å²) in [6, 6.07) is 9.47. The first-order chi connectivity index (χ1) is 11.2. The molecule has 0 amide bonds. The molecule has 0 aliphatic carbocycles. The monoisotopic (exact) mass is 324 g/mol. The number of alkyl halides is 1. The van der Waals surface area contributed by atoms with E-state index in [9.17, 15) is 10.1 Å². The van der Waals surface area contributed by atoms with E-state index in [0.29, 0.717) is 23.6 Å². The molecule has 0 bridgehead atoms. The zero-order chi connectivity index (χ0) is 16.2. The zero-order valence-corrected chi connectivity index (χ0v) is 12.9. The van der Waals surface area contributed by atoms with Crippen LogP contribution >= 0.6 is 11.6 Å². The number of carbonyl (C=O) groups excluding carboxylic acids is 1. The van der Waals surface area contributed by atoms with Gasteiger partial charge in [0.05, 0.1) is 12.7 Å². The Labute approximate surface area is 137 Å². The van der Waals surface area contributed by atoms with E-state index in [1.54, 1.807) is 29.3 Å². The maximum Gasteiger partial charge on any atom is 0.205 e. The number of hydrogen-bond donors (Lipinski definition) is 1. The van der Waals surface area contributed by atoms with Crippen LogP contribution in [0.4, 0.5) is 0 Å². The molecule has 0 saturated carbocycles. The SMILES string of the molecule is N#CC(=Cc1cnn(CCCl)c1)C(=O)c1c[nH]c2ccccc12. The summed E-state index contributed by atoms with van der Waals surface area (Å²) in [6.45, 7) is 0.577. The Hall–Kier alpha value is -2.84. The van der Waals surface area contributed by atoms with Gasteiger partial charge in [0.15, 0.2) is 0 Å². The van der Waals surface area contributed by atoms with Crippen LogP contribution in [0.2, 0.25) is 0 Å². The number of nitrogens with zero attached hydrogens (tertiary/aromatic N) is 3. The first-order valence-corrected chi connectivity index (χ1v) is 7.57. The average molecular weight is 325 g/mol. The van der Waals surface area contributed by atoms with Crippen LogP contribution < -0.4 is 0 Å². The van der Waals surface area contributed by atoms with Crippen molar-refractivity contribution in [1.29, 1.82) is 5.26 Å². The van der Waals surface area contributed by atoms with E-state index < -0.39 is 0 Å². The van der Waals surface area contributed by atoms with Gasteiger partial charge in [-0.05, 0) is 12.1 Å². The number of rotatable bonds is 5. The minimum Gasteiger partial charge on any atom is -0.360 e. The Morgan fingerprint density at radius 1 is 1.43 bits per heavy atom. The lowest BCUT2D eigenvalue weighted by atomic mass is 10.0. The van der Waals surface area contributed by atoms with E-state index in [1.807, 2.05) is 30.3 Å². The summed E-state index contributed by atoms with van der Waals surface area (Å²) in [5.74, 6) is 0.138. The Balaban J connectivity index is 1.95. The maximum atomic E-state index is 12.6. The molecule has 5 nitrogen and oxygen atoms in total. The molecular formula is C17H13ClN4O. The molecule has 3 rings (SSSR count). The van der Waals surface area contributed by atoms with Gasteiger partial charge in [0.2, 0.25) is 5.78 Å². The molecule has 1 N–H and O–H groups in total. The number of ketones is 1. The van der Waals surface area contributed by atoms with Crippen LogP contribution in [0.25, 0.3) is 17.0 Å². The van der Waals surface area contributed by atoms with Gasteiger partial charge in [-0.2, -0.15) is 10.4 Å². The Morgan fingerprint density at radius 2 is 2.26 bits per heavy atom. The topological polar surface area (TPSA) is 74.5 Å². The van der Waals surface area contributed by atoms with Gasteiger partial charge in [0.25, 0.3) is 0 Å². The Bertz CT molecular complexity index is 929. The summed E-state index contributed by atoms with van der Waals surface area (Å²) in [4.78, 5) is 15.7. The van der Waals surface area contributed by atoms with Gasteiger partial charge >= 0.3 is 0 Å². The van der Waals surface area contributed by atoms with Gasteiger partial charge in [-0.15, -0.1) is 11.6 Å². The molecule has 0 unspecified atom stereocenters. The molecule has 2 heterocycles. The van der Waals surface area contributed by atoms with E-state index in [0.717, 1.165) is 10.9 Å². The van der Waals surface area contributed by atoms with Gasteiger partial charge in [-0.1, -0.05) is 18.2 Å². The molecule has 0 fully saturated rings.